The molecule has 27 heavy (non-hydrogen) atoms. The highest BCUT2D eigenvalue weighted by molar-refractivity contribution is 9.10. The maximum atomic E-state index is 12.7. The van der Waals surface area contributed by atoms with Crippen molar-refractivity contribution in [3.8, 4) is 0 Å². The van der Waals surface area contributed by atoms with Crippen molar-refractivity contribution in [3.05, 3.63) is 45.4 Å². The summed E-state index contributed by atoms with van der Waals surface area (Å²) in [5.74, 6) is 0. The van der Waals surface area contributed by atoms with E-state index < -0.39 is 0 Å². The number of benzene rings is 1. The molecular formula is C20H25BrN4OS. The fraction of sp³-hybridized carbons (Fsp3) is 0.500. The molecule has 7 heteroatoms. The molecule has 1 N–H and O–H groups in total. The first-order chi connectivity index (χ1) is 13.1. The Hall–Kier alpha value is -1.60. The Kier molecular flexibility index (Phi) is 5.41. The Labute approximate surface area is 172 Å². The number of nitrogens with one attached hydrogen (secondary N) is 1. The van der Waals surface area contributed by atoms with Crippen LogP contribution >= 0.6 is 27.3 Å². The Morgan fingerprint density at radius 3 is 2.85 bits per heavy atom. The van der Waals surface area contributed by atoms with Crippen LogP contribution in [0.5, 0.6) is 0 Å². The zero-order valence-corrected chi connectivity index (χ0v) is 18.0. The van der Waals surface area contributed by atoms with Gasteiger partial charge in [0.1, 0.15) is 0 Å². The van der Waals surface area contributed by atoms with Gasteiger partial charge in [0.15, 0.2) is 5.13 Å². The van der Waals surface area contributed by atoms with Crippen molar-refractivity contribution in [2.45, 2.75) is 31.6 Å². The van der Waals surface area contributed by atoms with Gasteiger partial charge in [-0.1, -0.05) is 28.1 Å². The van der Waals surface area contributed by atoms with Gasteiger partial charge in [0.2, 0.25) is 0 Å². The average molecular weight is 449 g/mol. The molecule has 144 valence electrons. The number of carbonyl (C=O) groups is 1. The number of anilines is 1. The molecule has 0 bridgehead atoms. The number of aryl methyl sites for hydroxylation is 1. The second-order valence-electron chi connectivity index (χ2n) is 7.55. The molecule has 0 atom stereocenters. The quantitative estimate of drug-likeness (QED) is 0.763. The van der Waals surface area contributed by atoms with Crippen LogP contribution in [0.15, 0.2) is 34.1 Å². The van der Waals surface area contributed by atoms with Crippen LogP contribution in [0.2, 0.25) is 0 Å². The van der Waals surface area contributed by atoms with Crippen molar-refractivity contribution >= 4 is 38.4 Å². The number of rotatable bonds is 4. The van der Waals surface area contributed by atoms with E-state index in [1.807, 2.05) is 17.9 Å². The van der Waals surface area contributed by atoms with Gasteiger partial charge in [-0.3, -0.25) is 0 Å². The van der Waals surface area contributed by atoms with Gasteiger partial charge in [0, 0.05) is 48.0 Å². The van der Waals surface area contributed by atoms with E-state index in [9.17, 15) is 4.79 Å². The van der Waals surface area contributed by atoms with Gasteiger partial charge in [-0.15, -0.1) is 11.3 Å². The lowest BCUT2D eigenvalue weighted by Gasteiger charge is -2.24. The van der Waals surface area contributed by atoms with Gasteiger partial charge in [-0.2, -0.15) is 0 Å². The van der Waals surface area contributed by atoms with E-state index in [0.717, 1.165) is 60.7 Å². The molecule has 0 spiro atoms. The van der Waals surface area contributed by atoms with Crippen molar-refractivity contribution in [1.29, 1.82) is 0 Å². The van der Waals surface area contributed by atoms with Crippen molar-refractivity contribution < 1.29 is 4.79 Å². The summed E-state index contributed by atoms with van der Waals surface area (Å²) in [5, 5.41) is 6.36. The predicted octanol–water partition coefficient (Wildman–Crippen LogP) is 4.17. The number of aromatic nitrogens is 1. The Morgan fingerprint density at radius 1 is 1.30 bits per heavy atom. The molecule has 1 saturated carbocycles. The molecule has 1 aromatic heterocycles. The molecule has 2 aromatic rings. The van der Waals surface area contributed by atoms with E-state index in [0.29, 0.717) is 6.54 Å². The van der Waals surface area contributed by atoms with Crippen molar-refractivity contribution in [2.75, 3.05) is 37.6 Å². The maximum Gasteiger partial charge on any atom is 0.317 e. The number of halogens is 1. The monoisotopic (exact) mass is 448 g/mol. The molecule has 1 aliphatic carbocycles. The van der Waals surface area contributed by atoms with Crippen LogP contribution in [0.3, 0.4) is 0 Å². The first-order valence-electron chi connectivity index (χ1n) is 9.52. The molecule has 5 nitrogen and oxygen atoms in total. The Morgan fingerprint density at radius 2 is 2.15 bits per heavy atom. The van der Waals surface area contributed by atoms with Gasteiger partial charge in [-0.05, 0) is 43.9 Å². The van der Waals surface area contributed by atoms with Crippen LogP contribution in [0.4, 0.5) is 9.93 Å². The van der Waals surface area contributed by atoms with E-state index in [2.05, 4.69) is 54.7 Å². The molecule has 0 radical (unpaired) electrons. The number of thiazole rings is 1. The summed E-state index contributed by atoms with van der Waals surface area (Å²) >= 11 is 5.24. The molecule has 2 amide bonds. The van der Waals surface area contributed by atoms with Gasteiger partial charge in [-0.25, -0.2) is 9.78 Å². The lowest BCUT2D eigenvalue weighted by molar-refractivity contribution is 0.200. The van der Waals surface area contributed by atoms with Gasteiger partial charge in [0.25, 0.3) is 0 Å². The maximum absolute atomic E-state index is 12.7. The second-order valence-corrected chi connectivity index (χ2v) is 9.30. The smallest absolute Gasteiger partial charge is 0.317 e. The number of hydrogen-bond acceptors (Lipinski definition) is 4. The van der Waals surface area contributed by atoms with Gasteiger partial charge < -0.3 is 15.1 Å². The first-order valence-corrected chi connectivity index (χ1v) is 11.2. The van der Waals surface area contributed by atoms with Crippen molar-refractivity contribution in [1.82, 2.24) is 15.2 Å². The minimum Gasteiger partial charge on any atom is -0.346 e. The third-order valence-electron chi connectivity index (χ3n) is 5.53. The summed E-state index contributed by atoms with van der Waals surface area (Å²) < 4.78 is 1.10. The third-order valence-corrected chi connectivity index (χ3v) is 7.04. The summed E-state index contributed by atoms with van der Waals surface area (Å²) in [6.07, 6.45) is 3.25. The number of nitrogens with zero attached hydrogens (tertiary/aromatic N) is 3. The molecule has 1 aromatic carbocycles. The normalized spacial score (nSPS) is 18.9. The second kappa shape index (κ2) is 7.80. The minimum atomic E-state index is 0.0634. The van der Waals surface area contributed by atoms with Gasteiger partial charge >= 0.3 is 6.03 Å². The lowest BCUT2D eigenvalue weighted by Crippen LogP contribution is -2.44. The highest BCUT2D eigenvalue weighted by Crippen LogP contribution is 2.48. The van der Waals surface area contributed by atoms with E-state index in [4.69, 9.17) is 0 Å². The topological polar surface area (TPSA) is 48.5 Å². The molecule has 0 unspecified atom stereocenters. The zero-order chi connectivity index (χ0) is 18.9. The van der Waals surface area contributed by atoms with Crippen LogP contribution in [0.1, 0.15) is 30.5 Å². The fourth-order valence-corrected chi connectivity index (χ4v) is 4.95. The highest BCUT2D eigenvalue weighted by atomic mass is 79.9. The predicted molar refractivity (Wildman–Crippen MR) is 114 cm³/mol. The van der Waals surface area contributed by atoms with E-state index in [1.165, 1.54) is 5.56 Å². The third kappa shape index (κ3) is 4.29. The van der Waals surface area contributed by atoms with E-state index in [1.54, 1.807) is 11.3 Å². The summed E-state index contributed by atoms with van der Waals surface area (Å²) in [7, 11) is 0. The Balaban J connectivity index is 1.32. The molecular weight excluding hydrogens is 424 g/mol. The zero-order valence-electron chi connectivity index (χ0n) is 15.6. The average Bonchev–Trinajstić information content (AvgIpc) is 3.40. The van der Waals surface area contributed by atoms with Crippen LogP contribution < -0.4 is 10.2 Å². The van der Waals surface area contributed by atoms with Crippen LogP contribution in [-0.4, -0.2) is 48.6 Å². The SMILES string of the molecule is Cc1csc(N2CCCN(C(=O)NCC3(c4cccc(Br)c4)CC3)CC2)n1. The molecule has 2 fully saturated rings. The number of carbonyl (C=O) groups excluding carboxylic acids is 1. The van der Waals surface area contributed by atoms with Crippen LogP contribution in [0, 0.1) is 6.92 Å². The first kappa shape index (κ1) is 18.7. The molecule has 1 aliphatic heterocycles. The van der Waals surface area contributed by atoms with Crippen molar-refractivity contribution in [3.63, 3.8) is 0 Å². The summed E-state index contributed by atoms with van der Waals surface area (Å²) in [4.78, 5) is 21.6. The Bertz CT molecular complexity index is 820. The molecule has 4 rings (SSSR count). The van der Waals surface area contributed by atoms with E-state index >= 15 is 0 Å². The van der Waals surface area contributed by atoms with Gasteiger partial charge in [0.05, 0.1) is 5.69 Å². The number of urea groups is 1. The standard InChI is InChI=1S/C20H25BrN4OS/c1-15-13-27-19(23-15)25-9-3-8-24(10-11-25)18(26)22-14-20(6-7-20)16-4-2-5-17(21)12-16/h2,4-5,12-13H,3,6-11,14H2,1H3,(H,22,26). The number of hydrogen-bond donors (Lipinski definition) is 1. The lowest BCUT2D eigenvalue weighted by atomic mass is 9.96. The summed E-state index contributed by atoms with van der Waals surface area (Å²) in [5.41, 5.74) is 2.50. The summed E-state index contributed by atoms with van der Waals surface area (Å²) in [6, 6.07) is 8.53. The fourth-order valence-electron chi connectivity index (χ4n) is 3.69. The molecule has 2 heterocycles. The highest BCUT2D eigenvalue weighted by Gasteiger charge is 2.44. The minimum absolute atomic E-state index is 0.0634. The summed E-state index contributed by atoms with van der Waals surface area (Å²) in [6.45, 7) is 6.09. The molecule has 1 saturated heterocycles. The van der Waals surface area contributed by atoms with Crippen LogP contribution in [-0.2, 0) is 5.41 Å². The number of amides is 2. The molecule has 2 aliphatic rings. The van der Waals surface area contributed by atoms with E-state index in [-0.39, 0.29) is 11.4 Å². The van der Waals surface area contributed by atoms with Crippen LogP contribution in [0.25, 0.3) is 0 Å². The van der Waals surface area contributed by atoms with Crippen molar-refractivity contribution in [2.24, 2.45) is 0 Å². The largest absolute Gasteiger partial charge is 0.346 e.